The van der Waals surface area contributed by atoms with E-state index in [1.54, 1.807) is 6.07 Å². The fourth-order valence-corrected chi connectivity index (χ4v) is 2.59. The van der Waals surface area contributed by atoms with Crippen LogP contribution >= 0.6 is 12.3 Å². The Kier molecular flexibility index (Phi) is 8.27. The number of aromatic nitrogens is 2. The van der Waals surface area contributed by atoms with E-state index in [-0.39, 0.29) is 22.9 Å². The lowest BCUT2D eigenvalue weighted by Gasteiger charge is -2.16. The number of hydrogen-bond donors (Lipinski definition) is 0. The van der Waals surface area contributed by atoms with E-state index >= 15 is 0 Å². The van der Waals surface area contributed by atoms with Gasteiger partial charge in [-0.05, 0) is 25.5 Å². The van der Waals surface area contributed by atoms with E-state index in [1.165, 1.54) is 25.4 Å². The molecule has 0 amide bonds. The highest BCUT2D eigenvalue weighted by atomic mass is 32.2. The normalized spacial score (nSPS) is 11.4. The van der Waals surface area contributed by atoms with Crippen LogP contribution in [0.1, 0.15) is 27.2 Å². The molecule has 2 heterocycles. The minimum atomic E-state index is -3.01. The molecule has 0 radical (unpaired) electrons. The number of halogens is 2. The summed E-state index contributed by atoms with van der Waals surface area (Å²) in [7, 11) is 1.43. The molecule has 0 N–H and O–H groups in total. The predicted molar refractivity (Wildman–Crippen MR) is 107 cm³/mol. The second-order valence-corrected chi connectivity index (χ2v) is 6.77. The molecule has 0 saturated carbocycles. The van der Waals surface area contributed by atoms with Crippen molar-refractivity contribution >= 4 is 12.3 Å². The summed E-state index contributed by atoms with van der Waals surface area (Å²) in [6.07, 6.45) is 2.31. The zero-order valence-corrected chi connectivity index (χ0v) is 17.6. The van der Waals surface area contributed by atoms with Gasteiger partial charge in [-0.15, -0.1) is 0 Å². The molecule has 0 atom stereocenters. The molecule has 2 aromatic heterocycles. The van der Waals surface area contributed by atoms with Crippen LogP contribution in [0.25, 0.3) is 11.3 Å². The van der Waals surface area contributed by atoms with Crippen LogP contribution in [0.4, 0.5) is 8.78 Å². The topological polar surface area (TPSA) is 71.8 Å². The Balaban J connectivity index is 2.38. The number of alkyl halides is 2. The van der Waals surface area contributed by atoms with Gasteiger partial charge < -0.3 is 13.7 Å². The molecule has 29 heavy (non-hydrogen) atoms. The Morgan fingerprint density at radius 1 is 1.24 bits per heavy atom. The lowest BCUT2D eigenvalue weighted by Crippen LogP contribution is -2.26. The maximum atomic E-state index is 13.0. The van der Waals surface area contributed by atoms with Gasteiger partial charge in [0.25, 0.3) is 11.5 Å². The predicted octanol–water partition coefficient (Wildman–Crippen LogP) is 4.25. The van der Waals surface area contributed by atoms with Crippen molar-refractivity contribution in [1.82, 2.24) is 9.55 Å². The Morgan fingerprint density at radius 3 is 2.66 bits per heavy atom. The van der Waals surface area contributed by atoms with Crippen LogP contribution in [-0.4, -0.2) is 35.3 Å². The van der Waals surface area contributed by atoms with Gasteiger partial charge in [-0.1, -0.05) is 6.92 Å². The largest absolute Gasteiger partial charge is 0.492 e. The summed E-state index contributed by atoms with van der Waals surface area (Å²) >= 11 is 0.759. The van der Waals surface area contributed by atoms with E-state index < -0.39 is 18.1 Å². The standard InChI is InChI=1S/C19H24F2N2O5S/c1-5-9-25-13-10-15(28-29-27-6-2)17(22-11-13)14-7-8-16(23(4)18(14)24)26-12-19(3,20)21/h7-8,10-11H,5-6,9,12H2,1-4H3. The third-order valence-electron chi connectivity index (χ3n) is 3.58. The van der Waals surface area contributed by atoms with Gasteiger partial charge in [-0.2, -0.15) is 0 Å². The van der Waals surface area contributed by atoms with Crippen LogP contribution in [-0.2, 0) is 11.2 Å². The van der Waals surface area contributed by atoms with Crippen molar-refractivity contribution in [3.8, 4) is 28.6 Å². The molecule has 0 unspecified atom stereocenters. The van der Waals surface area contributed by atoms with Gasteiger partial charge in [-0.25, -0.2) is 13.8 Å². The van der Waals surface area contributed by atoms with Gasteiger partial charge in [0.2, 0.25) is 12.3 Å². The zero-order chi connectivity index (χ0) is 21.4. The van der Waals surface area contributed by atoms with E-state index in [1.807, 2.05) is 13.8 Å². The maximum Gasteiger partial charge on any atom is 0.278 e. The lowest BCUT2D eigenvalue weighted by atomic mass is 10.1. The second-order valence-electron chi connectivity index (χ2n) is 6.23. The first kappa shape index (κ1) is 23.0. The number of rotatable bonds is 11. The van der Waals surface area contributed by atoms with Gasteiger partial charge in [0.1, 0.15) is 11.4 Å². The van der Waals surface area contributed by atoms with Gasteiger partial charge in [-0.3, -0.25) is 13.5 Å². The quantitative estimate of drug-likeness (QED) is 0.390. The second kappa shape index (κ2) is 10.4. The highest BCUT2D eigenvalue weighted by Crippen LogP contribution is 2.32. The Hall–Kier alpha value is -2.33. The average Bonchev–Trinajstić information content (AvgIpc) is 2.67. The molecule has 10 heteroatoms. The molecule has 0 aromatic carbocycles. The molecule has 0 saturated heterocycles. The van der Waals surface area contributed by atoms with Gasteiger partial charge in [0.05, 0.1) is 25.0 Å². The van der Waals surface area contributed by atoms with Crippen LogP contribution in [0, 0.1) is 0 Å². The lowest BCUT2D eigenvalue weighted by molar-refractivity contribution is -0.0252. The zero-order valence-electron chi connectivity index (χ0n) is 16.7. The van der Waals surface area contributed by atoms with Gasteiger partial charge in [0.15, 0.2) is 18.2 Å². The first-order valence-corrected chi connectivity index (χ1v) is 9.73. The molecule has 0 bridgehead atoms. The highest BCUT2D eigenvalue weighted by Gasteiger charge is 2.23. The van der Waals surface area contributed by atoms with Crippen molar-refractivity contribution in [3.05, 3.63) is 34.7 Å². The van der Waals surface area contributed by atoms with E-state index in [0.29, 0.717) is 19.0 Å². The fourth-order valence-electron chi connectivity index (χ4n) is 2.24. The monoisotopic (exact) mass is 430 g/mol. The molecule has 0 aliphatic rings. The van der Waals surface area contributed by atoms with Gasteiger partial charge >= 0.3 is 0 Å². The van der Waals surface area contributed by atoms with Crippen LogP contribution in [0.3, 0.4) is 0 Å². The molecule has 2 aromatic rings. The van der Waals surface area contributed by atoms with Crippen molar-refractivity contribution in [3.63, 3.8) is 0 Å². The molecule has 160 valence electrons. The van der Waals surface area contributed by atoms with Crippen LogP contribution in [0.15, 0.2) is 29.2 Å². The summed E-state index contributed by atoms with van der Waals surface area (Å²) in [4.78, 5) is 17.1. The molecule has 0 aliphatic heterocycles. The molecule has 0 fully saturated rings. The summed E-state index contributed by atoms with van der Waals surface area (Å²) in [5.74, 6) is -2.22. The number of nitrogens with zero attached hydrogens (tertiary/aromatic N) is 2. The third kappa shape index (κ3) is 6.60. The molecule has 0 aliphatic carbocycles. The number of hydrogen-bond acceptors (Lipinski definition) is 7. The van der Waals surface area contributed by atoms with E-state index in [4.69, 9.17) is 17.8 Å². The Bertz CT molecular complexity index is 871. The summed E-state index contributed by atoms with van der Waals surface area (Å²) in [5.41, 5.74) is 0.0224. The summed E-state index contributed by atoms with van der Waals surface area (Å²) in [6, 6.07) is 4.51. The summed E-state index contributed by atoms with van der Waals surface area (Å²) in [6.45, 7) is 4.63. The Morgan fingerprint density at radius 2 is 2.00 bits per heavy atom. The third-order valence-corrected chi connectivity index (χ3v) is 4.16. The fraction of sp³-hybridized carbons (Fsp3) is 0.474. The summed E-state index contributed by atoms with van der Waals surface area (Å²) < 4.78 is 48.5. The van der Waals surface area contributed by atoms with Crippen LogP contribution in [0.5, 0.6) is 17.4 Å². The van der Waals surface area contributed by atoms with Crippen LogP contribution < -0.4 is 19.2 Å². The smallest absolute Gasteiger partial charge is 0.278 e. The SMILES string of the molecule is CCCOc1cnc(-c2ccc(OCC(C)(F)F)n(C)c2=O)c(OSOCC)c1. The van der Waals surface area contributed by atoms with E-state index in [2.05, 4.69) is 4.98 Å². The summed E-state index contributed by atoms with van der Waals surface area (Å²) in [5, 5.41) is 0. The number of ether oxygens (including phenoxy) is 2. The van der Waals surface area contributed by atoms with E-state index in [9.17, 15) is 13.6 Å². The Labute approximate surface area is 172 Å². The first-order valence-electron chi connectivity index (χ1n) is 9.06. The van der Waals surface area contributed by atoms with Crippen molar-refractivity contribution in [2.24, 2.45) is 7.05 Å². The average molecular weight is 430 g/mol. The van der Waals surface area contributed by atoms with Crippen LogP contribution in [0.2, 0.25) is 0 Å². The highest BCUT2D eigenvalue weighted by molar-refractivity contribution is 7.90. The molecular weight excluding hydrogens is 406 g/mol. The molecule has 2 rings (SSSR count). The first-order chi connectivity index (χ1) is 13.8. The van der Waals surface area contributed by atoms with Crippen molar-refractivity contribution < 1.29 is 26.6 Å². The van der Waals surface area contributed by atoms with Crippen molar-refractivity contribution in [1.29, 1.82) is 0 Å². The van der Waals surface area contributed by atoms with E-state index in [0.717, 1.165) is 30.2 Å². The molecule has 7 nitrogen and oxygen atoms in total. The molecular formula is C19H24F2N2O5S. The maximum absolute atomic E-state index is 13.0. The van der Waals surface area contributed by atoms with Crippen molar-refractivity contribution in [2.45, 2.75) is 33.1 Å². The molecule has 0 spiro atoms. The minimum Gasteiger partial charge on any atom is -0.492 e. The van der Waals surface area contributed by atoms with Gasteiger partial charge in [0, 0.05) is 20.0 Å². The number of pyridine rings is 2. The van der Waals surface area contributed by atoms with Crippen molar-refractivity contribution in [2.75, 3.05) is 19.8 Å². The minimum absolute atomic E-state index is 0.0225.